The number of phenolic OH excluding ortho intramolecular Hbond substituents is 1. The second-order valence-electron chi connectivity index (χ2n) is 4.22. The van der Waals surface area contributed by atoms with E-state index in [2.05, 4.69) is 0 Å². The number of phenols is 1. The SMILES string of the molecule is Cc1cccc([C](=O)[Ti]([Cl])([Cl])[CH]2C=CC=C2)c1O. The van der Waals surface area contributed by atoms with E-state index < -0.39 is 14.5 Å². The van der Waals surface area contributed by atoms with Gasteiger partial charge in [0.2, 0.25) is 0 Å². The molecule has 0 unspecified atom stereocenters. The number of rotatable bonds is 3. The molecule has 94 valence electrons. The van der Waals surface area contributed by atoms with Gasteiger partial charge in [0, 0.05) is 0 Å². The average molecular weight is 319 g/mol. The van der Waals surface area contributed by atoms with Crippen LogP contribution in [0.5, 0.6) is 5.75 Å². The van der Waals surface area contributed by atoms with Crippen molar-refractivity contribution in [3.8, 4) is 5.75 Å². The van der Waals surface area contributed by atoms with Crippen LogP contribution < -0.4 is 0 Å². The first-order chi connectivity index (χ1) is 8.44. The van der Waals surface area contributed by atoms with Crippen molar-refractivity contribution in [3.05, 3.63) is 53.6 Å². The summed E-state index contributed by atoms with van der Waals surface area (Å²) in [7, 11) is 12.7. The molecule has 1 aliphatic rings. The van der Waals surface area contributed by atoms with Crippen molar-refractivity contribution < 1.29 is 24.4 Å². The maximum atomic E-state index is 12.4. The molecular formula is C13H12Cl2O2Ti. The molecule has 0 bridgehead atoms. The number of halogens is 2. The molecule has 0 radical (unpaired) electrons. The van der Waals surface area contributed by atoms with Crippen molar-refractivity contribution in [2.45, 2.75) is 11.1 Å². The monoisotopic (exact) mass is 318 g/mol. The molecule has 1 N–H and O–H groups in total. The molecule has 0 atom stereocenters. The van der Waals surface area contributed by atoms with Gasteiger partial charge in [0.15, 0.2) is 0 Å². The van der Waals surface area contributed by atoms with Crippen LogP contribution in [-0.2, 0) is 14.5 Å². The summed E-state index contributed by atoms with van der Waals surface area (Å²) in [5.74, 6) is -0.0234. The molecule has 0 saturated carbocycles. The van der Waals surface area contributed by atoms with E-state index in [0.717, 1.165) is 0 Å². The number of para-hydroxylation sites is 1. The van der Waals surface area contributed by atoms with Gasteiger partial charge in [-0.05, 0) is 0 Å². The molecule has 0 aliphatic heterocycles. The zero-order chi connectivity index (χ0) is 13.3. The molecule has 18 heavy (non-hydrogen) atoms. The normalized spacial score (nSPS) is 15.3. The van der Waals surface area contributed by atoms with Crippen LogP contribution >= 0.6 is 18.6 Å². The summed E-state index contributed by atoms with van der Waals surface area (Å²) in [6.07, 6.45) is 7.34. The number of benzene rings is 1. The Kier molecular flexibility index (Phi) is 4.03. The molecule has 5 heteroatoms. The van der Waals surface area contributed by atoms with E-state index in [4.69, 9.17) is 18.6 Å². The van der Waals surface area contributed by atoms with Crippen molar-refractivity contribution in [2.24, 2.45) is 0 Å². The van der Waals surface area contributed by atoms with Gasteiger partial charge in [0.25, 0.3) is 0 Å². The Bertz CT molecular complexity index is 538. The summed E-state index contributed by atoms with van der Waals surface area (Å²) in [5, 5.41) is 9.93. The Hall–Kier alpha value is -0.536. The standard InChI is InChI=1S/C8H7O2.C5H5.2ClH.Ti/c1-6-3-2-4-7(5-9)8(6)10;1-2-4-5-3-1;;;/h2-4,10H,1H3;1-5H;2*1H;/q;;;;+2/p-2. The van der Waals surface area contributed by atoms with Gasteiger partial charge in [-0.3, -0.25) is 0 Å². The van der Waals surface area contributed by atoms with Crippen LogP contribution in [0.3, 0.4) is 0 Å². The van der Waals surface area contributed by atoms with Crippen LogP contribution in [0.2, 0.25) is 4.22 Å². The zero-order valence-corrected chi connectivity index (χ0v) is 12.8. The summed E-state index contributed by atoms with van der Waals surface area (Å²) in [4.78, 5) is 12.4. The Morgan fingerprint density at radius 1 is 1.28 bits per heavy atom. The van der Waals surface area contributed by atoms with Crippen molar-refractivity contribution in [2.75, 3.05) is 0 Å². The summed E-state index contributed by atoms with van der Waals surface area (Å²) in [6.45, 7) is 1.73. The van der Waals surface area contributed by atoms with Gasteiger partial charge < -0.3 is 0 Å². The third-order valence-electron chi connectivity index (χ3n) is 2.95. The summed E-state index contributed by atoms with van der Waals surface area (Å²) < 4.78 is -0.499. The molecule has 1 aromatic rings. The molecule has 0 amide bonds. The number of carbonyl (C=O) groups excluding carboxylic acids is 1. The van der Waals surface area contributed by atoms with E-state index in [-0.39, 0.29) is 19.6 Å². The Morgan fingerprint density at radius 3 is 2.50 bits per heavy atom. The van der Waals surface area contributed by atoms with Crippen LogP contribution in [0.15, 0.2) is 42.5 Å². The number of hydrogen-bond acceptors (Lipinski definition) is 2. The quantitative estimate of drug-likeness (QED) is 0.847. The fourth-order valence-corrected chi connectivity index (χ4v) is 6.34. The molecule has 1 aliphatic carbocycles. The maximum absolute atomic E-state index is 12.4. The number of carbonyl (C=O) groups is 1. The van der Waals surface area contributed by atoms with Gasteiger partial charge in [-0.2, -0.15) is 0 Å². The number of aryl methyl sites for hydroxylation is 1. The van der Waals surface area contributed by atoms with Crippen LogP contribution in [-0.4, -0.2) is 9.19 Å². The van der Waals surface area contributed by atoms with Crippen LogP contribution in [0.4, 0.5) is 0 Å². The second-order valence-corrected chi connectivity index (χ2v) is 13.6. The first-order valence-corrected chi connectivity index (χ1v) is 11.5. The average Bonchev–Trinajstić information content (AvgIpc) is 2.86. The minimum absolute atomic E-state index is 0.0234. The van der Waals surface area contributed by atoms with E-state index in [1.54, 1.807) is 25.1 Å². The van der Waals surface area contributed by atoms with Crippen molar-refractivity contribution in [1.29, 1.82) is 0 Å². The van der Waals surface area contributed by atoms with Crippen LogP contribution in [0.1, 0.15) is 15.9 Å². The van der Waals surface area contributed by atoms with E-state index in [1.165, 1.54) is 0 Å². The Morgan fingerprint density at radius 2 is 1.89 bits per heavy atom. The number of hydrogen-bond donors (Lipinski definition) is 1. The zero-order valence-electron chi connectivity index (χ0n) is 9.73. The van der Waals surface area contributed by atoms with Crippen LogP contribution in [0.25, 0.3) is 0 Å². The molecule has 0 aromatic heterocycles. The third-order valence-corrected chi connectivity index (χ3v) is 9.72. The van der Waals surface area contributed by atoms with Gasteiger partial charge in [-0.1, -0.05) is 0 Å². The molecule has 2 rings (SSSR count). The molecule has 0 spiro atoms. The van der Waals surface area contributed by atoms with Gasteiger partial charge in [0.1, 0.15) is 0 Å². The fraction of sp³-hybridized carbons (Fsp3) is 0.154. The molecule has 0 fully saturated rings. The van der Waals surface area contributed by atoms with Gasteiger partial charge in [0.05, 0.1) is 0 Å². The van der Waals surface area contributed by atoms with E-state index in [1.807, 2.05) is 24.3 Å². The predicted molar refractivity (Wildman–Crippen MR) is 70.9 cm³/mol. The summed E-state index contributed by atoms with van der Waals surface area (Å²) >= 11 is -3.75. The van der Waals surface area contributed by atoms with E-state index in [0.29, 0.717) is 5.56 Å². The molecule has 0 saturated heterocycles. The predicted octanol–water partition coefficient (Wildman–Crippen LogP) is 4.22. The first kappa shape index (κ1) is 13.9. The number of aromatic hydroxyl groups is 1. The summed E-state index contributed by atoms with van der Waals surface area (Å²) in [6, 6.07) is 5.02. The van der Waals surface area contributed by atoms with Crippen molar-refractivity contribution >= 4 is 22.7 Å². The van der Waals surface area contributed by atoms with E-state index >= 15 is 0 Å². The Labute approximate surface area is 117 Å². The molecule has 1 aromatic carbocycles. The van der Waals surface area contributed by atoms with E-state index in [9.17, 15) is 9.90 Å². The summed E-state index contributed by atoms with van der Waals surface area (Å²) in [5.41, 5.74) is 0.874. The molecular weight excluding hydrogens is 307 g/mol. The van der Waals surface area contributed by atoms with Crippen molar-refractivity contribution in [3.63, 3.8) is 0 Å². The number of allylic oxidation sites excluding steroid dienone is 4. The van der Waals surface area contributed by atoms with Gasteiger partial charge in [-0.25, -0.2) is 0 Å². The topological polar surface area (TPSA) is 37.3 Å². The fourth-order valence-electron chi connectivity index (χ4n) is 1.85. The Balaban J connectivity index is 2.39. The van der Waals surface area contributed by atoms with Crippen LogP contribution in [0, 0.1) is 6.92 Å². The first-order valence-electron chi connectivity index (χ1n) is 5.51. The third kappa shape index (κ3) is 2.43. The molecule has 2 nitrogen and oxygen atoms in total. The minimum atomic E-state index is -3.75. The van der Waals surface area contributed by atoms with Gasteiger partial charge >= 0.3 is 118 Å². The second kappa shape index (κ2) is 5.22. The van der Waals surface area contributed by atoms with Crippen molar-refractivity contribution in [1.82, 2.24) is 0 Å². The van der Waals surface area contributed by atoms with Gasteiger partial charge in [-0.15, -0.1) is 0 Å². The molecule has 0 heterocycles.